The van der Waals surface area contributed by atoms with Gasteiger partial charge in [-0.15, -0.1) is 0 Å². The van der Waals surface area contributed by atoms with Crippen molar-refractivity contribution in [2.45, 2.75) is 57.1 Å². The van der Waals surface area contributed by atoms with E-state index in [4.69, 9.17) is 4.74 Å². The monoisotopic (exact) mass is 569 g/mol. The number of benzene rings is 3. The van der Waals surface area contributed by atoms with E-state index in [1.54, 1.807) is 49.4 Å². The molecule has 3 rings (SSSR count). The number of sulfonamides is 1. The zero-order valence-electron chi connectivity index (χ0n) is 23.2. The number of ether oxygens (including phenoxy) is 1. The molecular weight excluding hydrogens is 533 g/mol. The Morgan fingerprint density at radius 2 is 1.55 bits per heavy atom. The number of carbonyl (C=O) groups is 2. The fraction of sp³-hybridized carbons (Fsp3) is 0.333. The van der Waals surface area contributed by atoms with Crippen molar-refractivity contribution in [3.05, 3.63) is 90.2 Å². The van der Waals surface area contributed by atoms with Crippen molar-refractivity contribution in [3.63, 3.8) is 0 Å². The standard InChI is InChI=1S/C30H36FN3O5S/c1-5-22(3)32-30(36)26(6-2)33(20-23-16-18-24(31)19-17-23)29(35)21-34(27-14-10-11-15-28(27)39-4)40(37,38)25-12-8-7-9-13-25/h7-19,22,26H,5-6,20-21H2,1-4H3,(H,32,36)/t22-,26-/m1/s1. The maximum absolute atomic E-state index is 14.1. The summed E-state index contributed by atoms with van der Waals surface area (Å²) in [5, 5.41) is 2.93. The maximum Gasteiger partial charge on any atom is 0.264 e. The second kappa shape index (κ2) is 13.9. The number of halogens is 1. The molecule has 0 aromatic heterocycles. The van der Waals surface area contributed by atoms with Crippen LogP contribution >= 0.6 is 0 Å². The SMILES string of the molecule is CC[C@@H](C)NC(=O)[C@@H](CC)N(Cc1ccc(F)cc1)C(=O)CN(c1ccccc1OC)S(=O)(=O)c1ccccc1. The molecule has 0 unspecified atom stereocenters. The number of anilines is 1. The smallest absolute Gasteiger partial charge is 0.264 e. The Morgan fingerprint density at radius 1 is 0.925 bits per heavy atom. The van der Waals surface area contributed by atoms with Crippen LogP contribution in [0.25, 0.3) is 0 Å². The predicted octanol–water partition coefficient (Wildman–Crippen LogP) is 4.75. The lowest BCUT2D eigenvalue weighted by Gasteiger charge is -2.34. The highest BCUT2D eigenvalue weighted by molar-refractivity contribution is 7.92. The zero-order valence-corrected chi connectivity index (χ0v) is 24.0. The molecule has 2 amide bonds. The number of methoxy groups -OCH3 is 1. The number of nitrogens with zero attached hydrogens (tertiary/aromatic N) is 2. The first-order valence-electron chi connectivity index (χ1n) is 13.2. The van der Waals surface area contributed by atoms with Crippen molar-refractivity contribution in [2.24, 2.45) is 0 Å². The van der Waals surface area contributed by atoms with Crippen molar-refractivity contribution >= 4 is 27.5 Å². The van der Waals surface area contributed by atoms with Crippen molar-refractivity contribution in [2.75, 3.05) is 18.0 Å². The van der Waals surface area contributed by atoms with Crippen LogP contribution < -0.4 is 14.4 Å². The van der Waals surface area contributed by atoms with E-state index in [2.05, 4.69) is 5.32 Å². The number of carbonyl (C=O) groups excluding carboxylic acids is 2. The lowest BCUT2D eigenvalue weighted by molar-refractivity contribution is -0.140. The normalized spacial score (nSPS) is 12.7. The van der Waals surface area contributed by atoms with E-state index < -0.39 is 34.3 Å². The van der Waals surface area contributed by atoms with Gasteiger partial charge in [-0.1, -0.05) is 56.3 Å². The molecule has 0 fully saturated rings. The minimum atomic E-state index is -4.21. The summed E-state index contributed by atoms with van der Waals surface area (Å²) < 4.78 is 47.8. The van der Waals surface area contributed by atoms with Crippen LogP contribution in [0.4, 0.5) is 10.1 Å². The lowest BCUT2D eigenvalue weighted by atomic mass is 10.1. The third-order valence-electron chi connectivity index (χ3n) is 6.62. The first kappa shape index (κ1) is 30.6. The third-order valence-corrected chi connectivity index (χ3v) is 8.39. The highest BCUT2D eigenvalue weighted by Crippen LogP contribution is 2.32. The van der Waals surface area contributed by atoms with Gasteiger partial charge < -0.3 is 15.0 Å². The molecule has 3 aromatic rings. The van der Waals surface area contributed by atoms with Crippen LogP contribution in [0.1, 0.15) is 39.2 Å². The van der Waals surface area contributed by atoms with Crippen LogP contribution in [0.3, 0.4) is 0 Å². The van der Waals surface area contributed by atoms with E-state index in [1.807, 2.05) is 13.8 Å². The molecule has 0 aliphatic heterocycles. The van der Waals surface area contributed by atoms with Gasteiger partial charge in [0.25, 0.3) is 10.0 Å². The summed E-state index contributed by atoms with van der Waals surface area (Å²) in [6.07, 6.45) is 0.986. The number of amides is 2. The number of para-hydroxylation sites is 2. The molecule has 10 heteroatoms. The van der Waals surface area contributed by atoms with Gasteiger partial charge in [0.05, 0.1) is 17.7 Å². The highest BCUT2D eigenvalue weighted by atomic mass is 32.2. The van der Waals surface area contributed by atoms with E-state index in [1.165, 1.54) is 48.4 Å². The average molecular weight is 570 g/mol. The molecule has 2 atom stereocenters. The van der Waals surface area contributed by atoms with E-state index in [9.17, 15) is 22.4 Å². The van der Waals surface area contributed by atoms with E-state index in [0.29, 0.717) is 12.0 Å². The molecule has 0 heterocycles. The Bertz CT molecular complexity index is 1380. The van der Waals surface area contributed by atoms with Crippen LogP contribution in [-0.4, -0.2) is 50.9 Å². The molecule has 1 N–H and O–H groups in total. The second-order valence-electron chi connectivity index (χ2n) is 9.39. The molecule has 0 spiro atoms. The summed E-state index contributed by atoms with van der Waals surface area (Å²) in [7, 11) is -2.80. The molecule has 0 aliphatic rings. The number of rotatable bonds is 13. The number of hydrogen-bond donors (Lipinski definition) is 1. The van der Waals surface area contributed by atoms with Crippen molar-refractivity contribution in [1.29, 1.82) is 0 Å². The summed E-state index contributed by atoms with van der Waals surface area (Å²) in [5.41, 5.74) is 0.778. The van der Waals surface area contributed by atoms with Gasteiger partial charge in [-0.05, 0) is 61.7 Å². The Kier molecular flexibility index (Phi) is 10.7. The Hall–Kier alpha value is -3.92. The van der Waals surface area contributed by atoms with Gasteiger partial charge in [0.15, 0.2) is 0 Å². The minimum Gasteiger partial charge on any atom is -0.495 e. The average Bonchev–Trinajstić information content (AvgIpc) is 2.96. The van der Waals surface area contributed by atoms with Gasteiger partial charge in [-0.2, -0.15) is 0 Å². The van der Waals surface area contributed by atoms with Crippen LogP contribution in [-0.2, 0) is 26.2 Å². The second-order valence-corrected chi connectivity index (χ2v) is 11.2. The molecule has 214 valence electrons. The van der Waals surface area contributed by atoms with Crippen molar-refractivity contribution in [3.8, 4) is 5.75 Å². The van der Waals surface area contributed by atoms with Gasteiger partial charge in [0, 0.05) is 12.6 Å². The minimum absolute atomic E-state index is 0.000320. The fourth-order valence-electron chi connectivity index (χ4n) is 4.22. The van der Waals surface area contributed by atoms with Crippen LogP contribution in [0.2, 0.25) is 0 Å². The Labute approximate surface area is 235 Å². The molecule has 0 radical (unpaired) electrons. The number of nitrogens with one attached hydrogen (secondary N) is 1. The summed E-state index contributed by atoms with van der Waals surface area (Å²) in [6.45, 7) is 4.98. The maximum atomic E-state index is 14.1. The molecule has 0 saturated carbocycles. The predicted molar refractivity (Wildman–Crippen MR) is 153 cm³/mol. The molecule has 0 saturated heterocycles. The molecule has 3 aromatic carbocycles. The summed E-state index contributed by atoms with van der Waals surface area (Å²) in [5.74, 6) is -1.11. The topological polar surface area (TPSA) is 96.0 Å². The van der Waals surface area contributed by atoms with Crippen LogP contribution in [0, 0.1) is 5.82 Å². The van der Waals surface area contributed by atoms with Gasteiger partial charge in [-0.3, -0.25) is 13.9 Å². The molecule has 8 nitrogen and oxygen atoms in total. The van der Waals surface area contributed by atoms with Crippen molar-refractivity contribution < 1.29 is 27.1 Å². The first-order valence-corrected chi connectivity index (χ1v) is 14.6. The zero-order chi connectivity index (χ0) is 29.3. The van der Waals surface area contributed by atoms with E-state index in [-0.39, 0.29) is 41.2 Å². The Balaban J connectivity index is 2.08. The summed E-state index contributed by atoms with van der Waals surface area (Å²) in [4.78, 5) is 28.7. The summed E-state index contributed by atoms with van der Waals surface area (Å²) in [6, 6.07) is 18.9. The van der Waals surface area contributed by atoms with Crippen LogP contribution in [0.15, 0.2) is 83.8 Å². The highest BCUT2D eigenvalue weighted by Gasteiger charge is 2.34. The van der Waals surface area contributed by atoms with Gasteiger partial charge >= 0.3 is 0 Å². The summed E-state index contributed by atoms with van der Waals surface area (Å²) >= 11 is 0. The molecular formula is C30H36FN3O5S. The number of hydrogen-bond acceptors (Lipinski definition) is 5. The quantitative estimate of drug-likeness (QED) is 0.321. The molecule has 0 bridgehead atoms. The fourth-order valence-corrected chi connectivity index (χ4v) is 5.66. The van der Waals surface area contributed by atoms with Gasteiger partial charge in [0.2, 0.25) is 11.8 Å². The lowest BCUT2D eigenvalue weighted by Crippen LogP contribution is -2.53. The third kappa shape index (κ3) is 7.38. The largest absolute Gasteiger partial charge is 0.495 e. The molecule has 40 heavy (non-hydrogen) atoms. The van der Waals surface area contributed by atoms with E-state index in [0.717, 1.165) is 4.31 Å². The van der Waals surface area contributed by atoms with Crippen LogP contribution in [0.5, 0.6) is 5.75 Å². The first-order chi connectivity index (χ1) is 19.1. The molecule has 0 aliphatic carbocycles. The Morgan fingerprint density at radius 3 is 2.15 bits per heavy atom. The van der Waals surface area contributed by atoms with E-state index >= 15 is 0 Å². The van der Waals surface area contributed by atoms with Gasteiger partial charge in [0.1, 0.15) is 24.2 Å². The van der Waals surface area contributed by atoms with Gasteiger partial charge in [-0.25, -0.2) is 12.8 Å². The van der Waals surface area contributed by atoms with Crippen molar-refractivity contribution in [1.82, 2.24) is 10.2 Å².